The van der Waals surface area contributed by atoms with Crippen molar-refractivity contribution in [3.63, 3.8) is 0 Å². The van der Waals surface area contributed by atoms with Crippen molar-refractivity contribution < 1.29 is 32.9 Å². The molecule has 3 atom stereocenters. The zero-order chi connectivity index (χ0) is 36.5. The molecule has 0 aliphatic carbocycles. The van der Waals surface area contributed by atoms with Crippen LogP contribution in [-0.2, 0) is 18.4 Å². The number of likely N-dealkylation sites (N-methyl/N-ethyl adjacent to an activating group) is 1. The third-order valence-electron chi connectivity index (χ3n) is 9.25. The van der Waals surface area contributed by atoms with Crippen LogP contribution in [0, 0.1) is 0 Å². The smallest absolute Gasteiger partial charge is 0.268 e. The zero-order valence-electron chi connectivity index (χ0n) is 32.9. The van der Waals surface area contributed by atoms with E-state index in [1.54, 1.807) is 0 Å². The molecule has 0 aliphatic heterocycles. The molecule has 0 bridgehead atoms. The van der Waals surface area contributed by atoms with Gasteiger partial charge in [-0.15, -0.1) is 0 Å². The molecule has 0 aromatic rings. The van der Waals surface area contributed by atoms with Crippen LogP contribution in [-0.4, -0.2) is 68.5 Å². The number of unbranched alkanes of at least 4 members (excludes halogenated alkanes) is 22. The first-order chi connectivity index (χ1) is 23.5. The summed E-state index contributed by atoms with van der Waals surface area (Å²) in [5, 5.41) is 13.8. The molecule has 9 heteroatoms. The van der Waals surface area contributed by atoms with E-state index < -0.39 is 20.0 Å². The van der Waals surface area contributed by atoms with Crippen LogP contribution >= 0.6 is 7.82 Å². The lowest BCUT2D eigenvalue weighted by Gasteiger charge is -2.30. The van der Waals surface area contributed by atoms with Crippen LogP contribution in [0.3, 0.4) is 0 Å². The Morgan fingerprint density at radius 3 is 1.59 bits per heavy atom. The average Bonchev–Trinajstić information content (AvgIpc) is 3.04. The van der Waals surface area contributed by atoms with Crippen molar-refractivity contribution in [2.75, 3.05) is 40.9 Å². The summed E-state index contributed by atoms with van der Waals surface area (Å²) in [6.07, 6.45) is 34.9. The molecule has 0 saturated carbocycles. The molecule has 0 spiro atoms. The summed E-state index contributed by atoms with van der Waals surface area (Å²) in [6.45, 7) is 4.69. The normalized spacial score (nSPS) is 14.7. The van der Waals surface area contributed by atoms with Gasteiger partial charge in [0.15, 0.2) is 0 Å². The first-order valence-corrected chi connectivity index (χ1v) is 22.0. The van der Waals surface area contributed by atoms with Gasteiger partial charge in [0.25, 0.3) is 7.82 Å². The Morgan fingerprint density at radius 2 is 1.12 bits per heavy atom. The number of hydrogen-bond donors (Lipinski definition) is 2. The van der Waals surface area contributed by atoms with Gasteiger partial charge in [-0.3, -0.25) is 9.36 Å². The molecule has 2 N–H and O–H groups in total. The number of rotatable bonds is 37. The molecule has 0 radical (unpaired) electrons. The lowest BCUT2D eigenvalue weighted by atomic mass is 10.0. The van der Waals surface area contributed by atoms with Gasteiger partial charge < -0.3 is 28.8 Å². The van der Waals surface area contributed by atoms with Crippen molar-refractivity contribution in [3.8, 4) is 0 Å². The summed E-state index contributed by atoms with van der Waals surface area (Å²) in [4.78, 5) is 25.2. The van der Waals surface area contributed by atoms with Crippen molar-refractivity contribution in [3.05, 3.63) is 12.2 Å². The summed E-state index contributed by atoms with van der Waals surface area (Å²) >= 11 is 0. The first-order valence-electron chi connectivity index (χ1n) is 20.5. The van der Waals surface area contributed by atoms with E-state index in [1.165, 1.54) is 109 Å². The topological polar surface area (TPSA) is 108 Å². The monoisotopic (exact) mass is 717 g/mol. The SMILES string of the molecule is CCCCCCCC/C=C\CCCCCCCC(=O)N[C@@H](COP(=O)([O-])OCC[N+](C)(C)C)[C@H](O)CCCCCCCCCCCCCC. The number of hydrogen-bond acceptors (Lipinski definition) is 6. The van der Waals surface area contributed by atoms with E-state index in [0.717, 1.165) is 51.4 Å². The predicted molar refractivity (Wildman–Crippen MR) is 205 cm³/mol. The molecular weight excluding hydrogens is 635 g/mol. The second kappa shape index (κ2) is 33.1. The molecule has 49 heavy (non-hydrogen) atoms. The molecule has 1 unspecified atom stereocenters. The second-order valence-corrected chi connectivity index (χ2v) is 16.8. The van der Waals surface area contributed by atoms with Crippen LogP contribution < -0.4 is 10.2 Å². The third kappa shape index (κ3) is 35.4. The van der Waals surface area contributed by atoms with Gasteiger partial charge in [0, 0.05) is 6.42 Å². The number of phosphoric acid groups is 1. The minimum absolute atomic E-state index is 0.0121. The molecule has 0 aromatic carbocycles. The number of nitrogens with zero attached hydrogens (tertiary/aromatic N) is 1. The van der Waals surface area contributed by atoms with Gasteiger partial charge in [0.2, 0.25) is 5.91 Å². The fourth-order valence-electron chi connectivity index (χ4n) is 5.92. The predicted octanol–water partition coefficient (Wildman–Crippen LogP) is 10.2. The molecular formula is C40H81N2O6P. The van der Waals surface area contributed by atoms with Crippen molar-refractivity contribution in [1.82, 2.24) is 5.32 Å². The van der Waals surface area contributed by atoms with Gasteiger partial charge >= 0.3 is 0 Å². The van der Waals surface area contributed by atoms with Crippen molar-refractivity contribution in [2.45, 2.75) is 199 Å². The van der Waals surface area contributed by atoms with E-state index in [1.807, 2.05) is 21.1 Å². The molecule has 1 amide bonds. The highest BCUT2D eigenvalue weighted by atomic mass is 31.2. The highest BCUT2D eigenvalue weighted by Gasteiger charge is 2.24. The van der Waals surface area contributed by atoms with Gasteiger partial charge in [-0.05, 0) is 38.5 Å². The van der Waals surface area contributed by atoms with Crippen molar-refractivity contribution >= 4 is 13.7 Å². The Kier molecular flexibility index (Phi) is 32.6. The fraction of sp³-hybridized carbons (Fsp3) is 0.925. The average molecular weight is 717 g/mol. The Hall–Kier alpha value is -0.760. The first kappa shape index (κ1) is 48.2. The van der Waals surface area contributed by atoms with Gasteiger partial charge in [-0.2, -0.15) is 0 Å². The molecule has 0 rings (SSSR count). The molecule has 292 valence electrons. The number of phosphoric ester groups is 1. The minimum atomic E-state index is -4.55. The lowest BCUT2D eigenvalue weighted by Crippen LogP contribution is -2.46. The summed E-state index contributed by atoms with van der Waals surface area (Å²) in [6, 6.07) is -0.799. The molecule has 0 saturated heterocycles. The Labute approximate surface area is 303 Å². The Morgan fingerprint density at radius 1 is 0.694 bits per heavy atom. The molecule has 0 aromatic heterocycles. The van der Waals surface area contributed by atoms with E-state index in [0.29, 0.717) is 23.9 Å². The maximum Gasteiger partial charge on any atom is 0.268 e. The standard InChI is InChI=1S/C40H81N2O6P/c1-6-8-10-12-14-16-18-20-21-22-24-26-28-30-32-34-40(44)41-38(37-48-49(45,46)47-36-35-42(3,4)5)39(43)33-31-29-27-25-23-19-17-15-13-11-9-7-2/h20-21,38-39,43H,6-19,22-37H2,1-5H3,(H-,41,44,45,46)/b21-20-/t38-,39+/m0/s1. The van der Waals surface area contributed by atoms with Crippen LogP contribution in [0.25, 0.3) is 0 Å². The minimum Gasteiger partial charge on any atom is -0.756 e. The number of nitrogens with one attached hydrogen (secondary N) is 1. The molecule has 0 fully saturated rings. The van der Waals surface area contributed by atoms with Crippen molar-refractivity contribution in [2.24, 2.45) is 0 Å². The Bertz CT molecular complexity index is 819. The third-order valence-corrected chi connectivity index (χ3v) is 10.2. The van der Waals surface area contributed by atoms with Crippen LogP contribution in [0.4, 0.5) is 0 Å². The highest BCUT2D eigenvalue weighted by molar-refractivity contribution is 7.45. The van der Waals surface area contributed by atoms with Crippen LogP contribution in [0.5, 0.6) is 0 Å². The number of aliphatic hydroxyl groups is 1. The summed E-state index contributed by atoms with van der Waals surface area (Å²) in [7, 11) is 1.30. The summed E-state index contributed by atoms with van der Waals surface area (Å²) < 4.78 is 23.2. The number of carbonyl (C=O) groups is 1. The quantitative estimate of drug-likeness (QED) is 0.0287. The number of amides is 1. The van der Waals surface area contributed by atoms with E-state index in [9.17, 15) is 19.4 Å². The number of aliphatic hydroxyl groups excluding tert-OH is 1. The van der Waals surface area contributed by atoms with Gasteiger partial charge in [0.1, 0.15) is 13.2 Å². The number of carbonyl (C=O) groups excluding carboxylic acids is 1. The lowest BCUT2D eigenvalue weighted by molar-refractivity contribution is -0.870. The number of allylic oxidation sites excluding steroid dienone is 2. The number of quaternary nitrogens is 1. The Balaban J connectivity index is 4.42. The zero-order valence-corrected chi connectivity index (χ0v) is 33.8. The van der Waals surface area contributed by atoms with E-state index in [-0.39, 0.29) is 19.1 Å². The van der Waals surface area contributed by atoms with Gasteiger partial charge in [-0.1, -0.05) is 154 Å². The highest BCUT2D eigenvalue weighted by Crippen LogP contribution is 2.38. The molecule has 8 nitrogen and oxygen atoms in total. The fourth-order valence-corrected chi connectivity index (χ4v) is 6.64. The second-order valence-electron chi connectivity index (χ2n) is 15.3. The van der Waals surface area contributed by atoms with Gasteiger partial charge in [-0.25, -0.2) is 0 Å². The van der Waals surface area contributed by atoms with Gasteiger partial charge in [0.05, 0.1) is 39.9 Å². The molecule has 0 aliphatic rings. The van der Waals surface area contributed by atoms with Crippen LogP contribution in [0.15, 0.2) is 12.2 Å². The maximum atomic E-state index is 12.8. The largest absolute Gasteiger partial charge is 0.756 e. The van der Waals surface area contributed by atoms with Crippen molar-refractivity contribution in [1.29, 1.82) is 0 Å². The van der Waals surface area contributed by atoms with E-state index in [4.69, 9.17) is 9.05 Å². The van der Waals surface area contributed by atoms with Crippen LogP contribution in [0.1, 0.15) is 187 Å². The summed E-state index contributed by atoms with van der Waals surface area (Å²) in [5.74, 6) is -0.174. The van der Waals surface area contributed by atoms with E-state index in [2.05, 4.69) is 31.3 Å². The van der Waals surface area contributed by atoms with E-state index >= 15 is 0 Å². The maximum absolute atomic E-state index is 12.8. The van der Waals surface area contributed by atoms with Crippen LogP contribution in [0.2, 0.25) is 0 Å². The summed E-state index contributed by atoms with van der Waals surface area (Å²) in [5.41, 5.74) is 0. The molecule has 0 heterocycles.